The molecule has 1 aromatic rings. The first-order valence-electron chi connectivity index (χ1n) is 4.87. The van der Waals surface area contributed by atoms with Crippen LogP contribution >= 0.6 is 46.4 Å². The summed E-state index contributed by atoms with van der Waals surface area (Å²) in [5.74, 6) is -2.38. The Hall–Kier alpha value is -1.20. The second kappa shape index (κ2) is 6.99. The maximum atomic E-state index is 11.3. The van der Waals surface area contributed by atoms with E-state index in [4.69, 9.17) is 55.9 Å². The van der Waals surface area contributed by atoms with Gasteiger partial charge < -0.3 is 9.47 Å². The van der Waals surface area contributed by atoms with E-state index in [0.29, 0.717) is 0 Å². The summed E-state index contributed by atoms with van der Waals surface area (Å²) < 4.78 is 9.72. The van der Waals surface area contributed by atoms with Crippen molar-refractivity contribution in [3.05, 3.63) is 45.4 Å². The normalized spacial score (nSPS) is 9.80. The molecule has 0 heterocycles. The lowest BCUT2D eigenvalue weighted by Gasteiger charge is -2.14. The molecule has 0 bridgehead atoms. The summed E-state index contributed by atoms with van der Waals surface area (Å²) in [6, 6.07) is 0. The summed E-state index contributed by atoms with van der Waals surface area (Å²) >= 11 is 23.5. The number of rotatable bonds is 4. The van der Waals surface area contributed by atoms with Crippen molar-refractivity contribution < 1.29 is 19.1 Å². The lowest BCUT2D eigenvalue weighted by molar-refractivity contribution is -0.131. The highest BCUT2D eigenvalue weighted by molar-refractivity contribution is 6.53. The third-order valence-corrected chi connectivity index (χ3v) is 3.69. The van der Waals surface area contributed by atoms with Crippen LogP contribution in [-0.4, -0.2) is 11.9 Å². The summed E-state index contributed by atoms with van der Waals surface area (Å²) in [5, 5.41) is -0.765. The van der Waals surface area contributed by atoms with Gasteiger partial charge in [0.25, 0.3) is 0 Å². The second-order valence-electron chi connectivity index (χ2n) is 3.16. The molecule has 0 aromatic heterocycles. The average molecular weight is 356 g/mol. The minimum absolute atomic E-state index is 0.149. The Labute approximate surface area is 134 Å². The van der Waals surface area contributed by atoms with E-state index in [1.54, 1.807) is 0 Å². The number of hydrogen-bond donors (Lipinski definition) is 0. The van der Waals surface area contributed by atoms with Crippen LogP contribution in [0, 0.1) is 0 Å². The monoisotopic (exact) mass is 354 g/mol. The molecule has 0 N–H and O–H groups in total. The number of esters is 2. The number of halogens is 4. The number of carbonyl (C=O) groups is 2. The fourth-order valence-corrected chi connectivity index (χ4v) is 1.95. The molecule has 0 saturated carbocycles. The van der Waals surface area contributed by atoms with Crippen molar-refractivity contribution in [2.24, 2.45) is 0 Å². The third-order valence-electron chi connectivity index (χ3n) is 1.92. The van der Waals surface area contributed by atoms with Gasteiger partial charge in [-0.3, -0.25) is 0 Å². The maximum absolute atomic E-state index is 11.3. The summed E-state index contributed by atoms with van der Waals surface area (Å²) in [6.45, 7) is 6.44. The number of carbonyl (C=O) groups excluding carboxylic acids is 2. The molecule has 20 heavy (non-hydrogen) atoms. The summed E-state index contributed by atoms with van der Waals surface area (Å²) in [7, 11) is 0. The van der Waals surface area contributed by atoms with Crippen LogP contribution in [0.1, 0.15) is 0 Å². The molecule has 106 valence electrons. The Morgan fingerprint density at radius 2 is 1.05 bits per heavy atom. The molecule has 0 aliphatic heterocycles. The van der Waals surface area contributed by atoms with Crippen molar-refractivity contribution in [3.63, 3.8) is 0 Å². The van der Waals surface area contributed by atoms with Gasteiger partial charge in [-0.15, -0.1) is 0 Å². The van der Waals surface area contributed by atoms with E-state index in [2.05, 4.69) is 13.2 Å². The van der Waals surface area contributed by atoms with Crippen LogP contribution in [-0.2, 0) is 9.59 Å². The SMILES string of the molecule is C=CC(=O)Oc1c(Cl)c(Cl)c(Cl)c(Cl)c1OC(=O)C=C. The molecule has 0 radical (unpaired) electrons. The Morgan fingerprint density at radius 1 is 0.750 bits per heavy atom. The summed E-state index contributed by atoms with van der Waals surface area (Å²) in [5.41, 5.74) is 0. The van der Waals surface area contributed by atoms with Crippen LogP contribution in [0.15, 0.2) is 25.3 Å². The van der Waals surface area contributed by atoms with Crippen molar-refractivity contribution in [1.29, 1.82) is 0 Å². The van der Waals surface area contributed by atoms with Gasteiger partial charge in [0.1, 0.15) is 10.0 Å². The van der Waals surface area contributed by atoms with Gasteiger partial charge in [-0.05, 0) is 0 Å². The van der Waals surface area contributed by atoms with Crippen LogP contribution in [0.5, 0.6) is 11.5 Å². The van der Waals surface area contributed by atoms with E-state index in [1.807, 2.05) is 0 Å². The van der Waals surface area contributed by atoms with Crippen LogP contribution in [0.2, 0.25) is 20.1 Å². The standard InChI is InChI=1S/C12H6Cl4O4/c1-3-5(17)19-11-9(15)7(13)8(14)10(16)12(11)20-6(18)4-2/h3-4H,1-2H2. The molecule has 0 unspecified atom stereocenters. The molecule has 0 fully saturated rings. The highest BCUT2D eigenvalue weighted by Crippen LogP contribution is 2.50. The molecule has 0 aliphatic carbocycles. The zero-order valence-corrected chi connectivity index (χ0v) is 12.7. The van der Waals surface area contributed by atoms with Crippen LogP contribution in [0.4, 0.5) is 0 Å². The van der Waals surface area contributed by atoms with Gasteiger partial charge in [-0.1, -0.05) is 59.6 Å². The zero-order valence-electron chi connectivity index (χ0n) is 9.71. The third kappa shape index (κ3) is 3.46. The van der Waals surface area contributed by atoms with Crippen molar-refractivity contribution in [1.82, 2.24) is 0 Å². The number of benzene rings is 1. The Balaban J connectivity index is 3.51. The van der Waals surface area contributed by atoms with E-state index in [0.717, 1.165) is 12.2 Å². The van der Waals surface area contributed by atoms with Gasteiger partial charge in [0.2, 0.25) is 0 Å². The van der Waals surface area contributed by atoms with Crippen molar-refractivity contribution >= 4 is 58.3 Å². The highest BCUT2D eigenvalue weighted by Gasteiger charge is 2.25. The smallest absolute Gasteiger partial charge is 0.335 e. The first kappa shape index (κ1) is 16.9. The Kier molecular flexibility index (Phi) is 5.89. The van der Waals surface area contributed by atoms with Crippen LogP contribution in [0.3, 0.4) is 0 Å². The molecular weight excluding hydrogens is 350 g/mol. The minimum Gasteiger partial charge on any atom is -0.418 e. The van der Waals surface area contributed by atoms with Gasteiger partial charge in [0, 0.05) is 12.2 Å². The molecule has 0 spiro atoms. The molecular formula is C12H6Cl4O4. The zero-order chi connectivity index (χ0) is 15.4. The molecule has 0 atom stereocenters. The molecule has 0 aliphatic rings. The molecule has 8 heteroatoms. The topological polar surface area (TPSA) is 52.6 Å². The maximum Gasteiger partial charge on any atom is 0.335 e. The molecule has 0 saturated heterocycles. The molecule has 0 amide bonds. The first-order valence-corrected chi connectivity index (χ1v) is 6.39. The second-order valence-corrected chi connectivity index (χ2v) is 4.68. The van der Waals surface area contributed by atoms with E-state index in [9.17, 15) is 9.59 Å². The van der Waals surface area contributed by atoms with Crippen LogP contribution < -0.4 is 9.47 Å². The van der Waals surface area contributed by atoms with E-state index >= 15 is 0 Å². The van der Waals surface area contributed by atoms with Crippen molar-refractivity contribution in [2.45, 2.75) is 0 Å². The van der Waals surface area contributed by atoms with Gasteiger partial charge >= 0.3 is 11.9 Å². The molecule has 4 nitrogen and oxygen atoms in total. The van der Waals surface area contributed by atoms with Gasteiger partial charge in [-0.25, -0.2) is 9.59 Å². The summed E-state index contributed by atoms with van der Waals surface area (Å²) in [6.07, 6.45) is 1.76. The van der Waals surface area contributed by atoms with E-state index < -0.39 is 11.9 Å². The van der Waals surface area contributed by atoms with Crippen molar-refractivity contribution in [3.8, 4) is 11.5 Å². The summed E-state index contributed by atoms with van der Waals surface area (Å²) in [4.78, 5) is 22.5. The first-order chi connectivity index (χ1) is 9.33. The molecule has 1 aromatic carbocycles. The Morgan fingerprint density at radius 3 is 1.30 bits per heavy atom. The van der Waals surface area contributed by atoms with Crippen LogP contribution in [0.25, 0.3) is 0 Å². The number of hydrogen-bond acceptors (Lipinski definition) is 4. The van der Waals surface area contributed by atoms with E-state index in [-0.39, 0.29) is 31.6 Å². The lowest BCUT2D eigenvalue weighted by atomic mass is 10.3. The fourth-order valence-electron chi connectivity index (χ4n) is 1.06. The lowest BCUT2D eigenvalue weighted by Crippen LogP contribution is -2.10. The average Bonchev–Trinajstić information content (AvgIpc) is 2.45. The predicted octanol–water partition coefficient (Wildman–Crippen LogP) is 4.48. The van der Waals surface area contributed by atoms with E-state index in [1.165, 1.54) is 0 Å². The quantitative estimate of drug-likeness (QED) is 0.262. The van der Waals surface area contributed by atoms with Gasteiger partial charge in [-0.2, -0.15) is 0 Å². The van der Waals surface area contributed by atoms with Crippen molar-refractivity contribution in [2.75, 3.05) is 0 Å². The molecule has 1 rings (SSSR count). The van der Waals surface area contributed by atoms with Gasteiger partial charge in [0.05, 0.1) is 10.0 Å². The Bertz CT molecular complexity index is 557. The largest absolute Gasteiger partial charge is 0.418 e. The predicted molar refractivity (Wildman–Crippen MR) is 78.1 cm³/mol. The fraction of sp³-hybridized carbons (Fsp3) is 0. The highest BCUT2D eigenvalue weighted by atomic mass is 35.5. The number of ether oxygens (including phenoxy) is 2. The van der Waals surface area contributed by atoms with Gasteiger partial charge in [0.15, 0.2) is 11.5 Å². The minimum atomic E-state index is -0.850.